The number of ether oxygens (including phenoxy) is 1. The van der Waals surface area contributed by atoms with Crippen LogP contribution in [0.25, 0.3) is 0 Å². The first-order valence-electron chi connectivity index (χ1n) is 12.7. The van der Waals surface area contributed by atoms with Gasteiger partial charge in [-0.3, -0.25) is 9.59 Å². The third kappa shape index (κ3) is 8.20. The number of benzene rings is 2. The van der Waals surface area contributed by atoms with Crippen molar-refractivity contribution in [3.8, 4) is 0 Å². The number of aryl methyl sites for hydroxylation is 2. The third-order valence-corrected chi connectivity index (χ3v) is 6.16. The molecule has 3 amide bonds. The molecule has 0 heterocycles. The monoisotopic (exact) mass is 507 g/mol. The zero-order chi connectivity index (χ0) is 27.8. The SMILES string of the molecule is C=CCN(C(=O)C(NC(=O)OC(C)(C)C)C(C)CC)C(C(=O)Nc1c(C)cccc1C)c1ccccc1. The number of carbonyl (C=O) groups is 3. The average Bonchev–Trinajstić information content (AvgIpc) is 2.83. The first kappa shape index (κ1) is 29.6. The normalized spacial score (nSPS) is 13.6. The molecule has 3 unspecified atom stereocenters. The summed E-state index contributed by atoms with van der Waals surface area (Å²) in [6.07, 6.45) is 1.54. The number of carbonyl (C=O) groups excluding carboxylic acids is 3. The van der Waals surface area contributed by atoms with Crippen LogP contribution in [0.4, 0.5) is 10.5 Å². The summed E-state index contributed by atoms with van der Waals surface area (Å²) in [5.74, 6) is -0.935. The fourth-order valence-corrected chi connectivity index (χ4v) is 4.07. The lowest BCUT2D eigenvalue weighted by Crippen LogP contribution is -2.54. The number of para-hydroxylation sites is 1. The Labute approximate surface area is 221 Å². The summed E-state index contributed by atoms with van der Waals surface area (Å²) in [4.78, 5) is 42.1. The highest BCUT2D eigenvalue weighted by atomic mass is 16.6. The van der Waals surface area contributed by atoms with Crippen molar-refractivity contribution < 1.29 is 19.1 Å². The minimum absolute atomic E-state index is 0.113. The summed E-state index contributed by atoms with van der Waals surface area (Å²) < 4.78 is 5.43. The zero-order valence-electron chi connectivity index (χ0n) is 23.1. The average molecular weight is 508 g/mol. The summed E-state index contributed by atoms with van der Waals surface area (Å²) in [5.41, 5.74) is 2.49. The van der Waals surface area contributed by atoms with Crippen LogP contribution in [-0.2, 0) is 14.3 Å². The molecule has 7 nitrogen and oxygen atoms in total. The lowest BCUT2D eigenvalue weighted by atomic mass is 9.95. The van der Waals surface area contributed by atoms with E-state index in [4.69, 9.17) is 4.74 Å². The van der Waals surface area contributed by atoms with Gasteiger partial charge in [-0.05, 0) is 57.2 Å². The van der Waals surface area contributed by atoms with Gasteiger partial charge < -0.3 is 20.3 Å². The van der Waals surface area contributed by atoms with Gasteiger partial charge in [0.2, 0.25) is 5.91 Å². The summed E-state index contributed by atoms with van der Waals surface area (Å²) in [7, 11) is 0. The molecule has 2 N–H and O–H groups in total. The largest absolute Gasteiger partial charge is 0.444 e. The van der Waals surface area contributed by atoms with Crippen LogP contribution in [0, 0.1) is 19.8 Å². The molecule has 0 aromatic heterocycles. The van der Waals surface area contributed by atoms with Gasteiger partial charge in [0.05, 0.1) is 0 Å². The molecule has 200 valence electrons. The Hall–Kier alpha value is -3.61. The van der Waals surface area contributed by atoms with E-state index >= 15 is 0 Å². The number of rotatable bonds is 10. The maximum absolute atomic E-state index is 14.1. The number of alkyl carbamates (subject to hydrolysis) is 1. The van der Waals surface area contributed by atoms with E-state index in [-0.39, 0.29) is 24.3 Å². The van der Waals surface area contributed by atoms with Crippen molar-refractivity contribution in [2.45, 2.75) is 72.6 Å². The van der Waals surface area contributed by atoms with E-state index in [1.165, 1.54) is 4.90 Å². The fraction of sp³-hybridized carbons (Fsp3) is 0.433. The molecular weight excluding hydrogens is 466 g/mol. The number of amides is 3. The van der Waals surface area contributed by atoms with Crippen molar-refractivity contribution in [2.75, 3.05) is 11.9 Å². The summed E-state index contributed by atoms with van der Waals surface area (Å²) >= 11 is 0. The van der Waals surface area contributed by atoms with Gasteiger partial charge >= 0.3 is 6.09 Å². The molecule has 0 bridgehead atoms. The first-order chi connectivity index (χ1) is 17.4. The van der Waals surface area contributed by atoms with Crippen LogP contribution in [0.3, 0.4) is 0 Å². The van der Waals surface area contributed by atoms with E-state index in [0.717, 1.165) is 11.1 Å². The molecule has 0 aliphatic carbocycles. The van der Waals surface area contributed by atoms with Gasteiger partial charge in [-0.1, -0.05) is 74.9 Å². The minimum atomic E-state index is -0.947. The quantitative estimate of drug-likeness (QED) is 0.390. The second-order valence-electron chi connectivity index (χ2n) is 10.4. The Bertz CT molecular complexity index is 1070. The summed E-state index contributed by atoms with van der Waals surface area (Å²) in [6, 6.07) is 13.1. The molecule has 0 saturated carbocycles. The van der Waals surface area contributed by atoms with Crippen molar-refractivity contribution >= 4 is 23.6 Å². The zero-order valence-corrected chi connectivity index (χ0v) is 23.1. The highest BCUT2D eigenvalue weighted by molar-refractivity contribution is 6.00. The molecular formula is C30H41N3O4. The Balaban J connectivity index is 2.52. The number of anilines is 1. The molecule has 0 spiro atoms. The molecule has 3 atom stereocenters. The number of nitrogens with zero attached hydrogens (tertiary/aromatic N) is 1. The van der Waals surface area contributed by atoms with Crippen LogP contribution in [-0.4, -0.2) is 41.0 Å². The molecule has 7 heteroatoms. The molecule has 0 saturated heterocycles. The first-order valence-corrected chi connectivity index (χ1v) is 12.7. The van der Waals surface area contributed by atoms with Crippen LogP contribution in [0.1, 0.15) is 63.8 Å². The minimum Gasteiger partial charge on any atom is -0.444 e. The van der Waals surface area contributed by atoms with Crippen LogP contribution in [0.15, 0.2) is 61.2 Å². The molecule has 0 radical (unpaired) electrons. The van der Waals surface area contributed by atoms with E-state index < -0.39 is 23.8 Å². The smallest absolute Gasteiger partial charge is 0.408 e. The second kappa shape index (κ2) is 13.1. The van der Waals surface area contributed by atoms with Gasteiger partial charge in [-0.25, -0.2) is 4.79 Å². The van der Waals surface area contributed by atoms with Gasteiger partial charge in [0, 0.05) is 12.2 Å². The number of hydrogen-bond acceptors (Lipinski definition) is 4. The molecule has 0 aliphatic heterocycles. The Kier molecular flexibility index (Phi) is 10.5. The molecule has 2 aromatic rings. The second-order valence-corrected chi connectivity index (χ2v) is 10.4. The van der Waals surface area contributed by atoms with Crippen LogP contribution in [0.5, 0.6) is 0 Å². The van der Waals surface area contributed by atoms with Crippen molar-refractivity contribution in [3.05, 3.63) is 77.9 Å². The highest BCUT2D eigenvalue weighted by Crippen LogP contribution is 2.28. The lowest BCUT2D eigenvalue weighted by molar-refractivity contribution is -0.141. The van der Waals surface area contributed by atoms with Gasteiger partial charge in [-0.15, -0.1) is 6.58 Å². The van der Waals surface area contributed by atoms with Crippen LogP contribution in [0.2, 0.25) is 0 Å². The topological polar surface area (TPSA) is 87.7 Å². The van der Waals surface area contributed by atoms with Crippen molar-refractivity contribution in [1.29, 1.82) is 0 Å². The molecule has 2 rings (SSSR count). The molecule has 2 aromatic carbocycles. The predicted octanol–water partition coefficient (Wildman–Crippen LogP) is 5.94. The maximum atomic E-state index is 14.1. The van der Waals surface area contributed by atoms with E-state index in [2.05, 4.69) is 17.2 Å². The Morgan fingerprint density at radius 2 is 1.62 bits per heavy atom. The molecule has 37 heavy (non-hydrogen) atoms. The Morgan fingerprint density at radius 1 is 1.03 bits per heavy atom. The van der Waals surface area contributed by atoms with E-state index in [1.807, 2.05) is 76.2 Å². The third-order valence-electron chi connectivity index (χ3n) is 6.16. The number of nitrogens with one attached hydrogen (secondary N) is 2. The standard InChI is InChI=1S/C30H41N3O4/c1-9-19-33(28(35)25(20(3)10-2)32-29(36)37-30(6,7)8)26(23-17-12-11-13-18-23)27(34)31-24-21(4)15-14-16-22(24)5/h9,11-18,20,25-26H,1,10,19H2,2-8H3,(H,31,34)(H,32,36). The lowest BCUT2D eigenvalue weighted by Gasteiger charge is -2.35. The number of hydrogen-bond donors (Lipinski definition) is 2. The predicted molar refractivity (Wildman–Crippen MR) is 148 cm³/mol. The van der Waals surface area contributed by atoms with E-state index in [0.29, 0.717) is 17.7 Å². The van der Waals surface area contributed by atoms with Gasteiger partial charge in [0.15, 0.2) is 0 Å². The van der Waals surface area contributed by atoms with Crippen molar-refractivity contribution in [3.63, 3.8) is 0 Å². The summed E-state index contributed by atoms with van der Waals surface area (Å²) in [6.45, 7) is 16.9. The van der Waals surface area contributed by atoms with Gasteiger partial charge in [0.25, 0.3) is 5.91 Å². The van der Waals surface area contributed by atoms with Crippen molar-refractivity contribution in [1.82, 2.24) is 10.2 Å². The van der Waals surface area contributed by atoms with Crippen LogP contribution < -0.4 is 10.6 Å². The molecule has 0 aliphatic rings. The van der Waals surface area contributed by atoms with Gasteiger partial charge in [-0.2, -0.15) is 0 Å². The highest BCUT2D eigenvalue weighted by Gasteiger charge is 2.37. The van der Waals surface area contributed by atoms with Crippen LogP contribution >= 0.6 is 0 Å². The fourth-order valence-electron chi connectivity index (χ4n) is 4.07. The van der Waals surface area contributed by atoms with Gasteiger partial charge in [0.1, 0.15) is 17.7 Å². The molecule has 0 fully saturated rings. The van der Waals surface area contributed by atoms with E-state index in [9.17, 15) is 14.4 Å². The van der Waals surface area contributed by atoms with Crippen molar-refractivity contribution in [2.24, 2.45) is 5.92 Å². The summed E-state index contributed by atoms with van der Waals surface area (Å²) in [5, 5.41) is 5.80. The Morgan fingerprint density at radius 3 is 2.14 bits per heavy atom. The van der Waals surface area contributed by atoms with E-state index in [1.54, 1.807) is 26.8 Å². The maximum Gasteiger partial charge on any atom is 0.408 e.